The van der Waals surface area contributed by atoms with Gasteiger partial charge in [0.15, 0.2) is 5.82 Å². The second-order valence-corrected chi connectivity index (χ2v) is 6.89. The fraction of sp³-hybridized carbons (Fsp3) is 0.273. The lowest BCUT2D eigenvalue weighted by atomic mass is 9.95. The first-order valence-corrected chi connectivity index (χ1v) is 9.61. The van der Waals surface area contributed by atoms with Crippen molar-refractivity contribution in [3.8, 4) is 17.2 Å². The number of likely N-dealkylation sites (tertiary alicyclic amines) is 1. The molecule has 0 saturated carbocycles. The number of aromatic nitrogens is 3. The molecular weight excluding hydrogens is 368 g/mol. The number of carbonyl (C=O) groups is 1. The maximum absolute atomic E-state index is 12.8. The molecule has 148 valence electrons. The highest BCUT2D eigenvalue weighted by Gasteiger charge is 2.27. The van der Waals surface area contributed by atoms with Crippen LogP contribution in [-0.4, -0.2) is 45.6 Å². The maximum atomic E-state index is 12.8. The Labute approximate surface area is 169 Å². The Morgan fingerprint density at radius 1 is 1.24 bits per heavy atom. The number of hydrogen-bond acceptors (Lipinski definition) is 6. The minimum absolute atomic E-state index is 0.0304. The van der Waals surface area contributed by atoms with Crippen LogP contribution in [0.1, 0.15) is 34.9 Å². The van der Waals surface area contributed by atoms with E-state index in [1.807, 2.05) is 29.2 Å². The van der Waals surface area contributed by atoms with Crippen LogP contribution in [0.15, 0.2) is 66.0 Å². The van der Waals surface area contributed by atoms with E-state index in [-0.39, 0.29) is 11.8 Å². The molecule has 1 amide bonds. The number of piperidine rings is 1. The number of nitrogens with zero attached hydrogens (tertiary/aromatic N) is 4. The number of carbonyl (C=O) groups excluding carboxylic acids is 1. The molecule has 2 aromatic heterocycles. The third-order valence-corrected chi connectivity index (χ3v) is 4.97. The predicted molar refractivity (Wildman–Crippen MR) is 108 cm³/mol. The molecule has 7 nitrogen and oxygen atoms in total. The first kappa shape index (κ1) is 18.9. The minimum Gasteiger partial charge on any atom is -0.490 e. The van der Waals surface area contributed by atoms with Gasteiger partial charge in [-0.1, -0.05) is 17.8 Å². The Morgan fingerprint density at radius 3 is 2.72 bits per heavy atom. The SMILES string of the molecule is C=CCOc1ccc(C(=O)N2CCC(c3noc(-c4cccnc4)n3)CC2)cc1. The van der Waals surface area contributed by atoms with Gasteiger partial charge in [0.1, 0.15) is 12.4 Å². The largest absolute Gasteiger partial charge is 0.490 e. The molecule has 3 aromatic rings. The summed E-state index contributed by atoms with van der Waals surface area (Å²) in [4.78, 5) is 23.2. The smallest absolute Gasteiger partial charge is 0.259 e. The molecule has 1 aliphatic heterocycles. The monoisotopic (exact) mass is 390 g/mol. The molecule has 0 unspecified atom stereocenters. The van der Waals surface area contributed by atoms with Gasteiger partial charge in [-0.3, -0.25) is 9.78 Å². The van der Waals surface area contributed by atoms with Crippen LogP contribution in [-0.2, 0) is 0 Å². The molecule has 4 rings (SSSR count). The fourth-order valence-corrected chi connectivity index (χ4v) is 3.38. The van der Waals surface area contributed by atoms with Crippen LogP contribution in [0.2, 0.25) is 0 Å². The number of ether oxygens (including phenoxy) is 1. The highest BCUT2D eigenvalue weighted by Crippen LogP contribution is 2.28. The summed E-state index contributed by atoms with van der Waals surface area (Å²) in [7, 11) is 0. The van der Waals surface area contributed by atoms with E-state index in [4.69, 9.17) is 9.26 Å². The Bertz CT molecular complexity index is 961. The lowest BCUT2D eigenvalue weighted by molar-refractivity contribution is 0.0710. The molecular formula is C22H22N4O3. The van der Waals surface area contributed by atoms with Crippen molar-refractivity contribution in [1.82, 2.24) is 20.0 Å². The van der Waals surface area contributed by atoms with Gasteiger partial charge in [-0.15, -0.1) is 0 Å². The van der Waals surface area contributed by atoms with E-state index in [9.17, 15) is 4.79 Å². The van der Waals surface area contributed by atoms with E-state index >= 15 is 0 Å². The van der Waals surface area contributed by atoms with Gasteiger partial charge in [-0.2, -0.15) is 4.98 Å². The molecule has 0 spiro atoms. The molecule has 0 aliphatic carbocycles. The van der Waals surface area contributed by atoms with Crippen LogP contribution in [0.4, 0.5) is 0 Å². The maximum Gasteiger partial charge on any atom is 0.259 e. The molecule has 1 aromatic carbocycles. The number of amides is 1. The van der Waals surface area contributed by atoms with Crippen molar-refractivity contribution in [1.29, 1.82) is 0 Å². The molecule has 0 radical (unpaired) electrons. The topological polar surface area (TPSA) is 81.4 Å². The van der Waals surface area contributed by atoms with Crippen LogP contribution < -0.4 is 4.74 Å². The molecule has 0 bridgehead atoms. The van der Waals surface area contributed by atoms with Crippen molar-refractivity contribution >= 4 is 5.91 Å². The first-order valence-electron chi connectivity index (χ1n) is 9.61. The fourth-order valence-electron chi connectivity index (χ4n) is 3.38. The molecule has 1 fully saturated rings. The number of pyridine rings is 1. The average molecular weight is 390 g/mol. The summed E-state index contributed by atoms with van der Waals surface area (Å²) in [6, 6.07) is 10.9. The van der Waals surface area contributed by atoms with Crippen LogP contribution in [0.5, 0.6) is 5.75 Å². The molecule has 1 saturated heterocycles. The Morgan fingerprint density at radius 2 is 2.03 bits per heavy atom. The van der Waals surface area contributed by atoms with Crippen LogP contribution in [0, 0.1) is 0 Å². The van der Waals surface area contributed by atoms with E-state index in [0.29, 0.717) is 37.0 Å². The summed E-state index contributed by atoms with van der Waals surface area (Å²) >= 11 is 0. The predicted octanol–water partition coefficient (Wildman–Crippen LogP) is 3.72. The van der Waals surface area contributed by atoms with Crippen molar-refractivity contribution < 1.29 is 14.1 Å². The van der Waals surface area contributed by atoms with Crippen molar-refractivity contribution in [3.63, 3.8) is 0 Å². The second-order valence-electron chi connectivity index (χ2n) is 6.89. The minimum atomic E-state index is 0.0304. The first-order chi connectivity index (χ1) is 14.2. The van der Waals surface area contributed by atoms with Crippen LogP contribution in [0.25, 0.3) is 11.5 Å². The molecule has 3 heterocycles. The third-order valence-electron chi connectivity index (χ3n) is 4.97. The lowest BCUT2D eigenvalue weighted by Gasteiger charge is -2.30. The van der Waals surface area contributed by atoms with Gasteiger partial charge >= 0.3 is 0 Å². The van der Waals surface area contributed by atoms with E-state index in [1.165, 1.54) is 0 Å². The van der Waals surface area contributed by atoms with Gasteiger partial charge < -0.3 is 14.2 Å². The Hall–Kier alpha value is -3.48. The summed E-state index contributed by atoms with van der Waals surface area (Å²) in [6.45, 7) is 5.39. The zero-order chi connectivity index (χ0) is 20.1. The van der Waals surface area contributed by atoms with Crippen LogP contribution >= 0.6 is 0 Å². The molecule has 1 aliphatic rings. The Balaban J connectivity index is 1.35. The number of rotatable bonds is 6. The summed E-state index contributed by atoms with van der Waals surface area (Å²) in [5.74, 6) is 2.11. The van der Waals surface area contributed by atoms with Crippen molar-refractivity contribution in [2.45, 2.75) is 18.8 Å². The third kappa shape index (κ3) is 4.34. The number of hydrogen-bond donors (Lipinski definition) is 0. The van der Waals surface area contributed by atoms with Gasteiger partial charge in [0.05, 0.1) is 5.56 Å². The zero-order valence-corrected chi connectivity index (χ0v) is 16.0. The second kappa shape index (κ2) is 8.68. The summed E-state index contributed by atoms with van der Waals surface area (Å²) in [5.41, 5.74) is 1.47. The molecule has 7 heteroatoms. The van der Waals surface area contributed by atoms with Gasteiger partial charge in [0.25, 0.3) is 11.8 Å². The number of benzene rings is 1. The highest BCUT2D eigenvalue weighted by molar-refractivity contribution is 5.94. The van der Waals surface area contributed by atoms with E-state index in [1.54, 1.807) is 30.6 Å². The van der Waals surface area contributed by atoms with Gasteiger partial charge in [0, 0.05) is 37.0 Å². The quantitative estimate of drug-likeness (QED) is 0.597. The van der Waals surface area contributed by atoms with E-state index < -0.39 is 0 Å². The van der Waals surface area contributed by atoms with Crippen molar-refractivity contribution in [2.24, 2.45) is 0 Å². The summed E-state index contributed by atoms with van der Waals surface area (Å²) < 4.78 is 10.8. The van der Waals surface area contributed by atoms with Gasteiger partial charge in [0.2, 0.25) is 0 Å². The standard InChI is InChI=1S/C22H22N4O3/c1-2-14-28-19-7-5-17(6-8-19)22(27)26-12-9-16(10-13-26)20-24-21(29-25-20)18-4-3-11-23-15-18/h2-8,11,15-16H,1,9-10,12-14H2. The van der Waals surface area contributed by atoms with Crippen molar-refractivity contribution in [2.75, 3.05) is 19.7 Å². The van der Waals surface area contributed by atoms with Crippen molar-refractivity contribution in [3.05, 3.63) is 72.8 Å². The summed E-state index contributed by atoms with van der Waals surface area (Å²) in [6.07, 6.45) is 6.70. The Kier molecular flexibility index (Phi) is 5.65. The highest BCUT2D eigenvalue weighted by atomic mass is 16.5. The zero-order valence-electron chi connectivity index (χ0n) is 16.0. The van der Waals surface area contributed by atoms with Gasteiger partial charge in [-0.05, 0) is 49.2 Å². The lowest BCUT2D eigenvalue weighted by Crippen LogP contribution is -2.38. The molecule has 0 atom stereocenters. The molecule has 29 heavy (non-hydrogen) atoms. The average Bonchev–Trinajstić information content (AvgIpc) is 3.29. The van der Waals surface area contributed by atoms with E-state index in [0.717, 1.165) is 24.2 Å². The van der Waals surface area contributed by atoms with Crippen LogP contribution in [0.3, 0.4) is 0 Å². The van der Waals surface area contributed by atoms with E-state index in [2.05, 4.69) is 21.7 Å². The summed E-state index contributed by atoms with van der Waals surface area (Å²) in [5, 5.41) is 4.14. The van der Waals surface area contributed by atoms with Gasteiger partial charge in [-0.25, -0.2) is 0 Å². The molecule has 0 N–H and O–H groups in total. The normalized spacial score (nSPS) is 14.6.